The molecule has 0 saturated carbocycles. The molecule has 9 heteroatoms. The Bertz CT molecular complexity index is 1380. The van der Waals surface area contributed by atoms with Crippen LogP contribution in [0.1, 0.15) is 65.1 Å². The molecule has 2 atom stereocenters. The van der Waals surface area contributed by atoms with Gasteiger partial charge in [-0.05, 0) is 73.6 Å². The number of primary amides is 1. The monoisotopic (exact) mass is 534 g/mol. The molecule has 0 aromatic heterocycles. The summed E-state index contributed by atoms with van der Waals surface area (Å²) in [6, 6.07) is 20.9. The summed E-state index contributed by atoms with van der Waals surface area (Å²) in [6.45, 7) is 5.83. The number of hydrazine groups is 1. The summed E-state index contributed by atoms with van der Waals surface area (Å²) in [5, 5.41) is 0. The fourth-order valence-corrected chi connectivity index (χ4v) is 5.82. The average Bonchev–Trinajstić information content (AvgIpc) is 2.93. The minimum absolute atomic E-state index is 0.0434. The molecule has 0 aliphatic carbocycles. The van der Waals surface area contributed by atoms with Crippen LogP contribution in [-0.2, 0) is 14.8 Å². The third-order valence-electron chi connectivity index (χ3n) is 7.09. The van der Waals surface area contributed by atoms with E-state index in [0.29, 0.717) is 5.56 Å². The van der Waals surface area contributed by atoms with Gasteiger partial charge in [-0.25, -0.2) is 8.42 Å². The van der Waals surface area contributed by atoms with Crippen molar-refractivity contribution in [3.05, 3.63) is 95.1 Å². The van der Waals surface area contributed by atoms with Crippen LogP contribution in [0, 0.1) is 6.92 Å². The zero-order chi connectivity index (χ0) is 27.3. The molecule has 0 spiro atoms. The Balaban J connectivity index is 1.49. The highest BCUT2D eigenvalue weighted by Gasteiger charge is 2.29. The van der Waals surface area contributed by atoms with Gasteiger partial charge in [0, 0.05) is 24.3 Å². The number of para-hydroxylation sites is 1. The Morgan fingerprint density at radius 2 is 1.53 bits per heavy atom. The molecule has 1 aliphatic heterocycles. The van der Waals surface area contributed by atoms with Gasteiger partial charge in [0.05, 0.1) is 10.8 Å². The number of nitrogens with zero attached hydrogens (tertiary/aromatic N) is 1. The minimum atomic E-state index is -3.92. The maximum absolute atomic E-state index is 12.6. The molecule has 2 amide bonds. The molecule has 1 heterocycles. The Hall–Kier alpha value is -3.69. The number of carbonyl (C=O) groups excluding carboxylic acids is 2. The third kappa shape index (κ3) is 6.23. The zero-order valence-corrected chi connectivity index (χ0v) is 22.5. The standard InChI is InChI=1S/C29H34N4O4S/c1-20-10-16-24(17-11-20)38(36,37)32-31-29(35)23-14-12-22(13-15-23)27(28(30)34)21(2)25-8-4-5-9-26(25)33-18-6-3-7-19-33/h4-5,8-17,21,27,32H,3,6-7,18-19H2,1-2H3,(H2,30,34)(H,31,35). The minimum Gasteiger partial charge on any atom is -0.371 e. The highest BCUT2D eigenvalue weighted by Crippen LogP contribution is 2.38. The largest absolute Gasteiger partial charge is 0.371 e. The first-order valence-electron chi connectivity index (χ1n) is 12.8. The molecule has 1 aliphatic rings. The van der Waals surface area contributed by atoms with E-state index in [4.69, 9.17) is 5.73 Å². The Kier molecular flexibility index (Phi) is 8.48. The van der Waals surface area contributed by atoms with Crippen molar-refractivity contribution in [1.29, 1.82) is 0 Å². The number of sulfonamides is 1. The fourth-order valence-electron chi connectivity index (χ4n) is 4.98. The second kappa shape index (κ2) is 11.8. The second-order valence-electron chi connectivity index (χ2n) is 9.77. The van der Waals surface area contributed by atoms with E-state index >= 15 is 0 Å². The van der Waals surface area contributed by atoms with E-state index in [1.165, 1.54) is 18.6 Å². The zero-order valence-electron chi connectivity index (χ0n) is 21.7. The number of hydrogen-bond acceptors (Lipinski definition) is 5. The van der Waals surface area contributed by atoms with E-state index in [-0.39, 0.29) is 16.4 Å². The number of amides is 2. The van der Waals surface area contributed by atoms with Crippen LogP contribution in [0.25, 0.3) is 0 Å². The van der Waals surface area contributed by atoms with E-state index in [1.54, 1.807) is 36.4 Å². The molecule has 2 unspecified atom stereocenters. The molecular weight excluding hydrogens is 500 g/mol. The SMILES string of the molecule is Cc1ccc(S(=O)(=O)NNC(=O)c2ccc(C(C(N)=O)C(C)c3ccccc3N3CCCCC3)cc2)cc1. The van der Waals surface area contributed by atoms with Crippen molar-refractivity contribution < 1.29 is 18.0 Å². The molecule has 1 saturated heterocycles. The van der Waals surface area contributed by atoms with E-state index in [2.05, 4.69) is 21.2 Å². The highest BCUT2D eigenvalue weighted by atomic mass is 32.2. The van der Waals surface area contributed by atoms with E-state index in [1.807, 2.05) is 32.0 Å². The lowest BCUT2D eigenvalue weighted by Crippen LogP contribution is -2.41. The number of nitrogens with two attached hydrogens (primary N) is 1. The topological polar surface area (TPSA) is 122 Å². The van der Waals surface area contributed by atoms with Crippen molar-refractivity contribution in [2.75, 3.05) is 18.0 Å². The Labute approximate surface area is 224 Å². The second-order valence-corrected chi connectivity index (χ2v) is 11.5. The van der Waals surface area contributed by atoms with Crippen LogP contribution in [0.15, 0.2) is 77.7 Å². The van der Waals surface area contributed by atoms with Crippen molar-refractivity contribution in [3.8, 4) is 0 Å². The highest BCUT2D eigenvalue weighted by molar-refractivity contribution is 7.89. The van der Waals surface area contributed by atoms with Gasteiger partial charge >= 0.3 is 0 Å². The van der Waals surface area contributed by atoms with Crippen LogP contribution < -0.4 is 20.9 Å². The van der Waals surface area contributed by atoms with Crippen LogP contribution in [0.2, 0.25) is 0 Å². The van der Waals surface area contributed by atoms with E-state index < -0.39 is 27.8 Å². The number of carbonyl (C=O) groups is 2. The Morgan fingerprint density at radius 1 is 0.895 bits per heavy atom. The van der Waals surface area contributed by atoms with Gasteiger partial charge in [0.15, 0.2) is 0 Å². The number of piperidine rings is 1. The van der Waals surface area contributed by atoms with E-state index in [0.717, 1.165) is 42.7 Å². The summed E-state index contributed by atoms with van der Waals surface area (Å²) in [5.41, 5.74) is 12.2. The number of benzene rings is 3. The maximum Gasteiger partial charge on any atom is 0.266 e. The summed E-state index contributed by atoms with van der Waals surface area (Å²) < 4.78 is 24.9. The van der Waals surface area contributed by atoms with Crippen LogP contribution in [0.5, 0.6) is 0 Å². The number of rotatable bonds is 9. The average molecular weight is 535 g/mol. The molecule has 0 radical (unpaired) electrons. The predicted molar refractivity (Wildman–Crippen MR) is 148 cm³/mol. The van der Waals surface area contributed by atoms with E-state index in [9.17, 15) is 18.0 Å². The van der Waals surface area contributed by atoms with Gasteiger partial charge in [-0.3, -0.25) is 15.0 Å². The van der Waals surface area contributed by atoms with Gasteiger partial charge in [-0.1, -0.05) is 55.0 Å². The molecule has 4 rings (SSSR count). The Morgan fingerprint density at radius 3 is 2.16 bits per heavy atom. The lowest BCUT2D eigenvalue weighted by molar-refractivity contribution is -0.119. The molecule has 1 fully saturated rings. The molecule has 0 bridgehead atoms. The van der Waals surface area contributed by atoms with Gasteiger partial charge in [0.2, 0.25) is 5.91 Å². The van der Waals surface area contributed by atoms with Crippen LogP contribution in [0.3, 0.4) is 0 Å². The molecular formula is C29H34N4O4S. The first-order valence-corrected chi connectivity index (χ1v) is 14.3. The van der Waals surface area contributed by atoms with Crippen molar-refractivity contribution in [2.45, 2.75) is 49.8 Å². The molecule has 4 N–H and O–H groups in total. The van der Waals surface area contributed by atoms with Gasteiger partial charge < -0.3 is 10.6 Å². The fraction of sp³-hybridized carbons (Fsp3) is 0.310. The van der Waals surface area contributed by atoms with Crippen LogP contribution in [0.4, 0.5) is 5.69 Å². The summed E-state index contributed by atoms with van der Waals surface area (Å²) in [4.78, 5) is 29.8. The number of hydrogen-bond donors (Lipinski definition) is 3. The van der Waals surface area contributed by atoms with Gasteiger partial charge in [0.25, 0.3) is 15.9 Å². The summed E-state index contributed by atoms with van der Waals surface area (Å²) in [7, 11) is -3.92. The van der Waals surface area contributed by atoms with Crippen LogP contribution in [-0.4, -0.2) is 33.3 Å². The van der Waals surface area contributed by atoms with Gasteiger partial charge in [-0.15, -0.1) is 4.83 Å². The molecule has 3 aromatic rings. The molecule has 3 aromatic carbocycles. The summed E-state index contributed by atoms with van der Waals surface area (Å²) >= 11 is 0. The predicted octanol–water partition coefficient (Wildman–Crippen LogP) is 3.98. The van der Waals surface area contributed by atoms with Crippen molar-refractivity contribution in [2.24, 2.45) is 5.73 Å². The molecule has 38 heavy (non-hydrogen) atoms. The smallest absolute Gasteiger partial charge is 0.266 e. The van der Waals surface area contributed by atoms with Crippen molar-refractivity contribution >= 4 is 27.5 Å². The maximum atomic E-state index is 12.6. The normalized spacial score (nSPS) is 15.5. The summed E-state index contributed by atoms with van der Waals surface area (Å²) in [5.74, 6) is -1.86. The van der Waals surface area contributed by atoms with Crippen molar-refractivity contribution in [3.63, 3.8) is 0 Å². The first-order chi connectivity index (χ1) is 18.2. The lowest BCUT2D eigenvalue weighted by Gasteiger charge is -2.33. The molecule has 200 valence electrons. The number of anilines is 1. The first kappa shape index (κ1) is 27.3. The summed E-state index contributed by atoms with van der Waals surface area (Å²) in [6.07, 6.45) is 3.52. The lowest BCUT2D eigenvalue weighted by atomic mass is 9.81. The number of aryl methyl sites for hydroxylation is 1. The number of nitrogens with one attached hydrogen (secondary N) is 2. The van der Waals surface area contributed by atoms with Crippen LogP contribution >= 0.6 is 0 Å². The quantitative estimate of drug-likeness (QED) is 0.359. The van der Waals surface area contributed by atoms with Gasteiger partial charge in [0.1, 0.15) is 0 Å². The van der Waals surface area contributed by atoms with Gasteiger partial charge in [-0.2, -0.15) is 0 Å². The van der Waals surface area contributed by atoms with Crippen molar-refractivity contribution in [1.82, 2.24) is 10.3 Å². The third-order valence-corrected chi connectivity index (χ3v) is 8.36. The molecule has 8 nitrogen and oxygen atoms in total.